The number of unbranched alkanes of at least 4 members (excludes halogenated alkanes) is 3. The summed E-state index contributed by atoms with van der Waals surface area (Å²) in [6, 6.07) is 0. The van der Waals surface area contributed by atoms with Crippen LogP contribution in [0.5, 0.6) is 0 Å². The number of anilines is 2. The molecular formula is C16H29BN7O5P. The van der Waals surface area contributed by atoms with E-state index in [2.05, 4.69) is 20.3 Å². The Bertz CT molecular complexity index is 887. The Labute approximate surface area is 175 Å². The van der Waals surface area contributed by atoms with Gasteiger partial charge in [0.05, 0.1) is 0 Å². The topological polar surface area (TPSA) is 176 Å². The summed E-state index contributed by atoms with van der Waals surface area (Å²) in [7, 11) is -1.75. The molecule has 14 heteroatoms. The van der Waals surface area contributed by atoms with Gasteiger partial charge in [-0.05, 0) is 13.0 Å². The number of hydrogen-bond acceptors (Lipinski definition) is 11. The van der Waals surface area contributed by atoms with Crippen molar-refractivity contribution >= 4 is 38.3 Å². The quantitative estimate of drug-likeness (QED) is 0.194. The molecular weight excluding hydrogens is 412 g/mol. The maximum absolute atomic E-state index is 10.8. The molecule has 0 bridgehead atoms. The first-order valence-corrected chi connectivity index (χ1v) is 12.5. The number of aliphatic hydroxyl groups is 1. The van der Waals surface area contributed by atoms with Crippen LogP contribution in [0.2, 0.25) is 0 Å². The number of rotatable bonds is 8. The summed E-state index contributed by atoms with van der Waals surface area (Å²) in [5.41, 5.74) is 12.4. The van der Waals surface area contributed by atoms with Crippen LogP contribution in [-0.2, 0) is 13.8 Å². The molecule has 2 fully saturated rings. The zero-order valence-corrected chi connectivity index (χ0v) is 17.9. The van der Waals surface area contributed by atoms with Crippen LogP contribution in [0.15, 0.2) is 6.33 Å². The molecule has 0 unspecified atom stereocenters. The van der Waals surface area contributed by atoms with E-state index in [1.807, 2.05) is 0 Å². The van der Waals surface area contributed by atoms with E-state index in [0.717, 1.165) is 25.7 Å². The zero-order valence-electron chi connectivity index (χ0n) is 16.9. The summed E-state index contributed by atoms with van der Waals surface area (Å²) >= 11 is 0. The van der Waals surface area contributed by atoms with Gasteiger partial charge in [0.25, 0.3) is 0 Å². The molecule has 12 nitrogen and oxygen atoms in total. The van der Waals surface area contributed by atoms with Crippen LogP contribution < -0.4 is 16.8 Å². The summed E-state index contributed by atoms with van der Waals surface area (Å²) in [6.45, 7) is 1.57. The molecule has 4 rings (SSSR count). The normalized spacial score (nSPS) is 29.0. The fraction of sp³-hybridized carbons (Fsp3) is 0.688. The number of nitrogens with two attached hydrogens (primary N) is 2. The second-order valence-corrected chi connectivity index (χ2v) is 10.1. The van der Waals surface area contributed by atoms with Gasteiger partial charge < -0.3 is 5.73 Å². The van der Waals surface area contributed by atoms with Gasteiger partial charge >= 0.3 is 150 Å². The number of fused-ring (bicyclic) bond motifs is 2. The average Bonchev–Trinajstić information content (AvgIpc) is 3.25. The van der Waals surface area contributed by atoms with E-state index < -0.39 is 32.4 Å². The van der Waals surface area contributed by atoms with Gasteiger partial charge in [-0.25, -0.2) is 0 Å². The Balaban J connectivity index is 1.50. The Morgan fingerprint density at radius 3 is 2.90 bits per heavy atom. The molecule has 7 N–H and O–H groups in total. The number of nitrogens with zero attached hydrogens (tertiary/aromatic N) is 4. The van der Waals surface area contributed by atoms with Gasteiger partial charge in [-0.3, -0.25) is 0 Å². The standard InChI is InChI=1S/C16H29BN7O5P/c17-30(26)27-7-9-12(29-30)11(25)15(28-9)24-8-21-10-13(19)22-16(23-14(10)24)20-6-4-2-1-3-5-18/h8-9,11-12,15,25-26,30H,1-7,17-18H2,(H3,19,20,22,23)/t9-,11+,12+,15-/m1/s1. The van der Waals surface area contributed by atoms with Gasteiger partial charge in [-0.1, -0.05) is 6.42 Å². The van der Waals surface area contributed by atoms with E-state index >= 15 is 0 Å². The number of aromatic nitrogens is 4. The van der Waals surface area contributed by atoms with Crippen LogP contribution >= 0.6 is 7.82 Å². The number of imidazole rings is 1. The van der Waals surface area contributed by atoms with E-state index in [1.165, 1.54) is 13.9 Å². The van der Waals surface area contributed by atoms with Crippen LogP contribution in [0.4, 0.5) is 11.8 Å². The van der Waals surface area contributed by atoms with Crippen LogP contribution in [0, 0.1) is 0 Å². The first-order valence-electron chi connectivity index (χ1n) is 10.2. The summed E-state index contributed by atoms with van der Waals surface area (Å²) in [5, 5.41) is 14.0. The molecule has 2 aromatic heterocycles. The predicted octanol–water partition coefficient (Wildman–Crippen LogP) is -0.951. The number of ether oxygens (including phenoxy) is 1. The molecule has 2 saturated heterocycles. The zero-order chi connectivity index (χ0) is 21.3. The van der Waals surface area contributed by atoms with Crippen molar-refractivity contribution in [3.8, 4) is 0 Å². The third-order valence-corrected chi connectivity index (χ3v) is 6.73. The third kappa shape index (κ3) is 4.38. The SMILES string of the molecule is B[PH]1(O)OC[C@H]2O[C@@H](n3cnc4c(N)nc(NCCCCCCN)nc43)[C@@H](O)[C@H]2O1. The second-order valence-electron chi connectivity index (χ2n) is 7.73. The van der Waals surface area contributed by atoms with E-state index in [9.17, 15) is 10.00 Å². The van der Waals surface area contributed by atoms with Gasteiger partial charge in [-0.15, -0.1) is 0 Å². The van der Waals surface area contributed by atoms with Crippen molar-refractivity contribution in [2.45, 2.75) is 50.2 Å². The van der Waals surface area contributed by atoms with E-state index in [0.29, 0.717) is 30.2 Å². The summed E-state index contributed by atoms with van der Waals surface area (Å²) in [5.74, 6) is 0.629. The fourth-order valence-electron chi connectivity index (χ4n) is 3.78. The molecule has 4 atom stereocenters. The number of aliphatic hydroxyl groups excluding tert-OH is 1. The molecule has 0 aliphatic carbocycles. The molecule has 0 radical (unpaired) electrons. The van der Waals surface area contributed by atoms with Gasteiger partial charge in [-0.2, -0.15) is 0 Å². The molecule has 0 saturated carbocycles. The van der Waals surface area contributed by atoms with Crippen LogP contribution in [0.25, 0.3) is 11.2 Å². The first-order chi connectivity index (χ1) is 14.4. The van der Waals surface area contributed by atoms with E-state index in [-0.39, 0.29) is 12.4 Å². The Hall–Kier alpha value is -1.60. The van der Waals surface area contributed by atoms with Crippen molar-refractivity contribution in [3.63, 3.8) is 0 Å². The Morgan fingerprint density at radius 1 is 1.30 bits per heavy atom. The van der Waals surface area contributed by atoms with E-state index in [4.69, 9.17) is 25.3 Å². The van der Waals surface area contributed by atoms with Gasteiger partial charge in [0.1, 0.15) is 0 Å². The Kier molecular flexibility index (Phi) is 6.40. The maximum atomic E-state index is 10.8. The van der Waals surface area contributed by atoms with Gasteiger partial charge in [0, 0.05) is 0 Å². The number of hydrogen-bond donors (Lipinski definition) is 5. The summed E-state index contributed by atoms with van der Waals surface area (Å²) < 4.78 is 18.5. The minimum absolute atomic E-state index is 0.151. The summed E-state index contributed by atoms with van der Waals surface area (Å²) in [6.07, 6.45) is 2.65. The molecule has 2 aromatic rings. The number of nitrogen functional groups attached to an aromatic ring is 1. The Morgan fingerprint density at radius 2 is 2.10 bits per heavy atom. The van der Waals surface area contributed by atoms with Gasteiger partial charge in [0.2, 0.25) is 0 Å². The molecule has 166 valence electrons. The molecule has 4 heterocycles. The monoisotopic (exact) mass is 441 g/mol. The van der Waals surface area contributed by atoms with Crippen molar-refractivity contribution in [2.75, 3.05) is 30.7 Å². The number of nitrogens with one attached hydrogen (secondary N) is 1. The van der Waals surface area contributed by atoms with Gasteiger partial charge in [0.15, 0.2) is 0 Å². The average molecular weight is 441 g/mol. The summed E-state index contributed by atoms with van der Waals surface area (Å²) in [4.78, 5) is 23.2. The van der Waals surface area contributed by atoms with Crippen molar-refractivity contribution in [1.29, 1.82) is 0 Å². The molecule has 0 spiro atoms. The predicted molar refractivity (Wildman–Crippen MR) is 116 cm³/mol. The first kappa shape index (κ1) is 21.6. The van der Waals surface area contributed by atoms with Crippen LogP contribution in [0.1, 0.15) is 31.9 Å². The van der Waals surface area contributed by atoms with Crippen molar-refractivity contribution in [3.05, 3.63) is 6.33 Å². The van der Waals surface area contributed by atoms with E-state index in [1.54, 1.807) is 4.57 Å². The van der Waals surface area contributed by atoms with Crippen molar-refractivity contribution < 1.29 is 23.8 Å². The molecule has 30 heavy (non-hydrogen) atoms. The fourth-order valence-corrected chi connectivity index (χ4v) is 5.12. The third-order valence-electron chi connectivity index (χ3n) is 5.32. The van der Waals surface area contributed by atoms with Crippen LogP contribution in [-0.4, -0.2) is 75.1 Å². The minimum atomic E-state index is -3.26. The molecule has 2 aliphatic heterocycles. The van der Waals surface area contributed by atoms with Crippen molar-refractivity contribution in [2.24, 2.45) is 5.73 Å². The van der Waals surface area contributed by atoms with Crippen molar-refractivity contribution in [1.82, 2.24) is 19.5 Å². The van der Waals surface area contributed by atoms with Crippen LogP contribution in [0.3, 0.4) is 0 Å². The second kappa shape index (κ2) is 8.87. The molecule has 0 amide bonds. The molecule has 2 aliphatic rings. The molecule has 0 aromatic carbocycles.